The molecule has 0 radical (unpaired) electrons. The molecule has 1 aromatic carbocycles. The van der Waals surface area contributed by atoms with E-state index in [1.54, 1.807) is 0 Å². The lowest BCUT2D eigenvalue weighted by molar-refractivity contribution is 0.101. The molecule has 128 valence electrons. The molecular formula is C19H29BrN2O. The van der Waals surface area contributed by atoms with E-state index in [9.17, 15) is 5.11 Å². The van der Waals surface area contributed by atoms with Gasteiger partial charge in [0.25, 0.3) is 0 Å². The van der Waals surface area contributed by atoms with E-state index in [-0.39, 0.29) is 0 Å². The van der Waals surface area contributed by atoms with Crippen LogP contribution >= 0.6 is 15.9 Å². The molecule has 2 N–H and O–H groups in total. The first-order valence-corrected chi connectivity index (χ1v) is 9.82. The zero-order chi connectivity index (χ0) is 16.4. The maximum Gasteiger partial charge on any atom is 0.120 e. The molecule has 23 heavy (non-hydrogen) atoms. The number of hydrogen-bond donors (Lipinski definition) is 2. The minimum atomic E-state index is 0.356. The Morgan fingerprint density at radius 3 is 2.48 bits per heavy atom. The highest BCUT2D eigenvalue weighted by atomic mass is 79.9. The number of phenols is 1. The Morgan fingerprint density at radius 2 is 1.83 bits per heavy atom. The summed E-state index contributed by atoms with van der Waals surface area (Å²) in [7, 11) is 0. The van der Waals surface area contributed by atoms with Crippen molar-refractivity contribution in [2.75, 3.05) is 26.2 Å². The normalized spacial score (nSPS) is 22.2. The smallest absolute Gasteiger partial charge is 0.120 e. The first-order chi connectivity index (χ1) is 11.1. The van der Waals surface area contributed by atoms with Gasteiger partial charge in [0, 0.05) is 42.3 Å². The SMILES string of the molecule is Cc1cc(O)c([C@H](C2CCCCC2)N2CCNCC2)c(C)c1Br. The minimum absolute atomic E-state index is 0.356. The van der Waals surface area contributed by atoms with E-state index >= 15 is 0 Å². The second-order valence-electron chi connectivity index (χ2n) is 7.19. The molecule has 0 amide bonds. The molecule has 1 aliphatic carbocycles. The molecule has 1 saturated carbocycles. The summed E-state index contributed by atoms with van der Waals surface area (Å²) < 4.78 is 1.15. The van der Waals surface area contributed by atoms with Gasteiger partial charge in [-0.25, -0.2) is 0 Å². The van der Waals surface area contributed by atoms with Crippen LogP contribution in [0.5, 0.6) is 5.75 Å². The number of benzene rings is 1. The van der Waals surface area contributed by atoms with Crippen molar-refractivity contribution in [3.8, 4) is 5.75 Å². The lowest BCUT2D eigenvalue weighted by Gasteiger charge is -2.42. The Kier molecular flexibility index (Phi) is 5.65. The van der Waals surface area contributed by atoms with Gasteiger partial charge < -0.3 is 10.4 Å². The van der Waals surface area contributed by atoms with Gasteiger partial charge in [0.05, 0.1) is 0 Å². The van der Waals surface area contributed by atoms with Gasteiger partial charge in [0.15, 0.2) is 0 Å². The van der Waals surface area contributed by atoms with Gasteiger partial charge in [0.1, 0.15) is 5.75 Å². The second kappa shape index (κ2) is 7.54. The fraction of sp³-hybridized carbons (Fsp3) is 0.684. The summed E-state index contributed by atoms with van der Waals surface area (Å²) in [6, 6.07) is 2.29. The molecule has 1 aliphatic heterocycles. The van der Waals surface area contributed by atoms with E-state index < -0.39 is 0 Å². The van der Waals surface area contributed by atoms with Crippen LogP contribution in [-0.2, 0) is 0 Å². The summed E-state index contributed by atoms with van der Waals surface area (Å²) in [6.07, 6.45) is 6.62. The number of aromatic hydroxyl groups is 1. The summed E-state index contributed by atoms with van der Waals surface area (Å²) in [5.74, 6) is 1.15. The zero-order valence-electron chi connectivity index (χ0n) is 14.4. The molecular weight excluding hydrogens is 352 g/mol. The van der Waals surface area contributed by atoms with Crippen LogP contribution in [0.25, 0.3) is 0 Å². The van der Waals surface area contributed by atoms with Crippen molar-refractivity contribution in [1.29, 1.82) is 0 Å². The highest BCUT2D eigenvalue weighted by Crippen LogP contribution is 2.45. The predicted molar refractivity (Wildman–Crippen MR) is 99.0 cm³/mol. The maximum atomic E-state index is 10.8. The van der Waals surface area contributed by atoms with Gasteiger partial charge in [-0.2, -0.15) is 0 Å². The molecule has 1 saturated heterocycles. The standard InChI is InChI=1S/C19H29BrN2O/c1-13-12-16(23)17(14(2)18(13)20)19(15-6-4-3-5-7-15)22-10-8-21-9-11-22/h12,15,19,21,23H,3-11H2,1-2H3/t19-/m0/s1. The number of phenolic OH excluding ortho intramolecular Hbond substituents is 1. The van der Waals surface area contributed by atoms with E-state index in [0.717, 1.165) is 41.8 Å². The molecule has 1 aromatic rings. The largest absolute Gasteiger partial charge is 0.508 e. The van der Waals surface area contributed by atoms with Crippen LogP contribution < -0.4 is 5.32 Å². The zero-order valence-corrected chi connectivity index (χ0v) is 16.0. The Hall–Kier alpha value is -0.580. The van der Waals surface area contributed by atoms with Crippen LogP contribution in [0.1, 0.15) is 54.8 Å². The fourth-order valence-electron chi connectivity index (χ4n) is 4.45. The molecule has 1 heterocycles. The molecule has 0 bridgehead atoms. The second-order valence-corrected chi connectivity index (χ2v) is 7.99. The molecule has 0 unspecified atom stereocenters. The van der Waals surface area contributed by atoms with E-state index in [0.29, 0.717) is 17.7 Å². The number of piperazine rings is 1. The first-order valence-electron chi connectivity index (χ1n) is 9.03. The van der Waals surface area contributed by atoms with Crippen molar-refractivity contribution in [3.63, 3.8) is 0 Å². The van der Waals surface area contributed by atoms with Crippen molar-refractivity contribution in [1.82, 2.24) is 10.2 Å². The third-order valence-electron chi connectivity index (χ3n) is 5.65. The maximum absolute atomic E-state index is 10.8. The van der Waals surface area contributed by atoms with Crippen LogP contribution in [0.15, 0.2) is 10.5 Å². The van der Waals surface area contributed by atoms with Gasteiger partial charge in [0.2, 0.25) is 0 Å². The van der Waals surface area contributed by atoms with Crippen LogP contribution in [0, 0.1) is 19.8 Å². The summed E-state index contributed by atoms with van der Waals surface area (Å²) in [6.45, 7) is 8.47. The van der Waals surface area contributed by atoms with E-state index in [1.165, 1.54) is 37.7 Å². The fourth-order valence-corrected chi connectivity index (χ4v) is 4.78. The van der Waals surface area contributed by atoms with Gasteiger partial charge in [-0.1, -0.05) is 35.2 Å². The molecule has 2 aliphatic rings. The van der Waals surface area contributed by atoms with E-state index in [4.69, 9.17) is 0 Å². The molecule has 3 rings (SSSR count). The predicted octanol–water partition coefficient (Wildman–Crippen LogP) is 4.30. The van der Waals surface area contributed by atoms with Crippen LogP contribution in [0.4, 0.5) is 0 Å². The van der Waals surface area contributed by atoms with Crippen molar-refractivity contribution in [3.05, 3.63) is 27.2 Å². The van der Waals surface area contributed by atoms with Crippen molar-refractivity contribution in [2.45, 2.75) is 52.0 Å². The third kappa shape index (κ3) is 3.59. The molecule has 1 atom stereocenters. The number of rotatable bonds is 3. The molecule has 2 fully saturated rings. The third-order valence-corrected chi connectivity index (χ3v) is 6.87. The highest BCUT2D eigenvalue weighted by molar-refractivity contribution is 9.10. The van der Waals surface area contributed by atoms with Gasteiger partial charge in [-0.15, -0.1) is 0 Å². The quantitative estimate of drug-likeness (QED) is 0.820. The van der Waals surface area contributed by atoms with Crippen LogP contribution in [0.2, 0.25) is 0 Å². The summed E-state index contributed by atoms with van der Waals surface area (Å²) >= 11 is 3.74. The van der Waals surface area contributed by atoms with Crippen molar-refractivity contribution in [2.24, 2.45) is 5.92 Å². The molecule has 4 heteroatoms. The van der Waals surface area contributed by atoms with E-state index in [2.05, 4.69) is 40.0 Å². The topological polar surface area (TPSA) is 35.5 Å². The van der Waals surface area contributed by atoms with Crippen LogP contribution in [-0.4, -0.2) is 36.2 Å². The Bertz CT molecular complexity index is 531. The number of halogens is 1. The Labute approximate surface area is 148 Å². The number of aryl methyl sites for hydroxylation is 1. The summed E-state index contributed by atoms with van der Waals surface area (Å²) in [5.41, 5.74) is 3.50. The lowest BCUT2D eigenvalue weighted by Crippen LogP contribution is -2.47. The Morgan fingerprint density at radius 1 is 1.17 bits per heavy atom. The number of nitrogens with zero attached hydrogens (tertiary/aromatic N) is 1. The molecule has 0 spiro atoms. The number of nitrogens with one attached hydrogen (secondary N) is 1. The monoisotopic (exact) mass is 380 g/mol. The minimum Gasteiger partial charge on any atom is -0.508 e. The number of hydrogen-bond acceptors (Lipinski definition) is 3. The van der Waals surface area contributed by atoms with Crippen LogP contribution in [0.3, 0.4) is 0 Å². The van der Waals surface area contributed by atoms with Gasteiger partial charge in [-0.3, -0.25) is 4.90 Å². The highest BCUT2D eigenvalue weighted by Gasteiger charge is 2.34. The molecule has 0 aromatic heterocycles. The summed E-state index contributed by atoms with van der Waals surface area (Å²) in [5, 5.41) is 14.2. The molecule has 3 nitrogen and oxygen atoms in total. The average Bonchev–Trinajstić information content (AvgIpc) is 2.58. The van der Waals surface area contributed by atoms with Crippen molar-refractivity contribution < 1.29 is 5.11 Å². The van der Waals surface area contributed by atoms with Gasteiger partial charge in [-0.05, 0) is 49.8 Å². The Balaban J connectivity index is 2.02. The lowest BCUT2D eigenvalue weighted by atomic mass is 9.78. The van der Waals surface area contributed by atoms with Gasteiger partial charge >= 0.3 is 0 Å². The average molecular weight is 381 g/mol. The van der Waals surface area contributed by atoms with E-state index in [1.807, 2.05) is 6.07 Å². The first kappa shape index (κ1) is 17.2. The summed E-state index contributed by atoms with van der Waals surface area (Å²) in [4.78, 5) is 2.61. The van der Waals surface area contributed by atoms with Crippen molar-refractivity contribution >= 4 is 15.9 Å².